The number of hydrogen-bond acceptors (Lipinski definition) is 3. The predicted octanol–water partition coefficient (Wildman–Crippen LogP) is 3.43. The molecule has 120 valence electrons. The van der Waals surface area contributed by atoms with Crippen LogP contribution in [0.4, 0.5) is 0 Å². The first kappa shape index (κ1) is 15.4. The highest BCUT2D eigenvalue weighted by Gasteiger charge is 2.56. The van der Waals surface area contributed by atoms with Crippen LogP contribution in [0.2, 0.25) is 0 Å². The van der Waals surface area contributed by atoms with Gasteiger partial charge in [0.15, 0.2) is 9.84 Å². The third-order valence-corrected chi connectivity index (χ3v) is 8.26. The van der Waals surface area contributed by atoms with E-state index in [9.17, 15) is 8.42 Å². The SMILES string of the molecule is O=S(=O)(c1ccccc1)[C@]12CCN[C@H]1CCc1cc(Br)ccc12. The molecule has 5 heteroatoms. The smallest absolute Gasteiger partial charge is 0.189 e. The number of rotatable bonds is 2. The Hall–Kier alpha value is -1.17. The topological polar surface area (TPSA) is 46.2 Å². The van der Waals surface area contributed by atoms with Crippen LogP contribution in [0.3, 0.4) is 0 Å². The fourth-order valence-corrected chi connectivity index (χ4v) is 6.97. The highest BCUT2D eigenvalue weighted by Crippen LogP contribution is 2.49. The number of aryl methyl sites for hydroxylation is 1. The Balaban J connectivity index is 1.98. The molecular weight excluding hydrogens is 374 g/mol. The van der Waals surface area contributed by atoms with Crippen molar-refractivity contribution in [3.63, 3.8) is 0 Å². The second kappa shape index (κ2) is 5.43. The minimum absolute atomic E-state index is 0.0126. The summed E-state index contributed by atoms with van der Waals surface area (Å²) in [7, 11) is -3.46. The molecule has 0 saturated carbocycles. The van der Waals surface area contributed by atoms with Gasteiger partial charge in [0, 0.05) is 10.5 Å². The lowest BCUT2D eigenvalue weighted by atomic mass is 9.79. The molecule has 1 fully saturated rings. The molecule has 2 aliphatic rings. The van der Waals surface area contributed by atoms with Crippen molar-refractivity contribution in [2.45, 2.75) is 34.9 Å². The van der Waals surface area contributed by atoms with Gasteiger partial charge in [-0.25, -0.2) is 8.42 Å². The Labute approximate surface area is 145 Å². The van der Waals surface area contributed by atoms with E-state index in [4.69, 9.17) is 0 Å². The quantitative estimate of drug-likeness (QED) is 0.852. The van der Waals surface area contributed by atoms with Crippen LogP contribution >= 0.6 is 15.9 Å². The third-order valence-electron chi connectivity index (χ3n) is 5.21. The van der Waals surface area contributed by atoms with Gasteiger partial charge >= 0.3 is 0 Å². The fraction of sp³-hybridized carbons (Fsp3) is 0.333. The molecule has 3 nitrogen and oxygen atoms in total. The summed E-state index contributed by atoms with van der Waals surface area (Å²) < 4.78 is 27.3. The predicted molar refractivity (Wildman–Crippen MR) is 94.2 cm³/mol. The number of hydrogen-bond donors (Lipinski definition) is 1. The van der Waals surface area contributed by atoms with E-state index in [1.807, 2.05) is 18.2 Å². The molecule has 1 N–H and O–H groups in total. The molecule has 1 heterocycles. The molecule has 0 unspecified atom stereocenters. The first-order valence-corrected chi connectivity index (χ1v) is 10.2. The summed E-state index contributed by atoms with van der Waals surface area (Å²) in [4.78, 5) is 0.421. The van der Waals surface area contributed by atoms with Crippen LogP contribution in [0.15, 0.2) is 57.9 Å². The maximum atomic E-state index is 13.6. The highest BCUT2D eigenvalue weighted by molar-refractivity contribution is 9.10. The first-order chi connectivity index (χ1) is 11.1. The molecule has 0 spiro atoms. The van der Waals surface area contributed by atoms with Gasteiger partial charge in [0.25, 0.3) is 0 Å². The normalized spacial score (nSPS) is 26.6. The minimum Gasteiger partial charge on any atom is -0.312 e. The second-order valence-corrected chi connectivity index (χ2v) is 9.43. The van der Waals surface area contributed by atoms with E-state index in [1.54, 1.807) is 24.3 Å². The summed E-state index contributed by atoms with van der Waals surface area (Å²) in [6.45, 7) is 0.742. The van der Waals surface area contributed by atoms with E-state index in [-0.39, 0.29) is 6.04 Å². The number of sulfone groups is 1. The number of halogens is 1. The molecule has 0 amide bonds. The van der Waals surface area contributed by atoms with Crippen molar-refractivity contribution in [1.29, 1.82) is 0 Å². The van der Waals surface area contributed by atoms with Crippen molar-refractivity contribution in [2.24, 2.45) is 0 Å². The standard InChI is InChI=1S/C18H18BrNO2S/c19-14-7-8-16-13(12-14)6-9-17-18(16,10-11-20-17)23(21,22)15-4-2-1-3-5-15/h1-5,7-8,12,17,20H,6,9-11H2/t17-,18-/m0/s1. The fourth-order valence-electron chi connectivity index (χ4n) is 4.19. The molecule has 0 bridgehead atoms. The lowest BCUT2D eigenvalue weighted by Gasteiger charge is -2.40. The summed E-state index contributed by atoms with van der Waals surface area (Å²) in [6, 6.07) is 14.9. The zero-order valence-electron chi connectivity index (χ0n) is 12.6. The van der Waals surface area contributed by atoms with Crippen LogP contribution in [0.1, 0.15) is 24.0 Å². The zero-order chi connectivity index (χ0) is 16.1. The van der Waals surface area contributed by atoms with Gasteiger partial charge in [0.05, 0.1) is 4.90 Å². The van der Waals surface area contributed by atoms with Crippen molar-refractivity contribution in [3.05, 3.63) is 64.1 Å². The Morgan fingerprint density at radius 1 is 1.13 bits per heavy atom. The van der Waals surface area contributed by atoms with Crippen LogP contribution in [0.25, 0.3) is 0 Å². The Morgan fingerprint density at radius 2 is 1.91 bits per heavy atom. The van der Waals surface area contributed by atoms with Crippen LogP contribution in [-0.2, 0) is 21.0 Å². The maximum absolute atomic E-state index is 13.6. The van der Waals surface area contributed by atoms with E-state index in [2.05, 4.69) is 27.3 Å². The summed E-state index contributed by atoms with van der Waals surface area (Å²) in [5, 5.41) is 3.44. The van der Waals surface area contributed by atoms with Crippen LogP contribution in [-0.4, -0.2) is 21.0 Å². The van der Waals surface area contributed by atoms with Gasteiger partial charge in [-0.2, -0.15) is 0 Å². The number of nitrogens with one attached hydrogen (secondary N) is 1. The van der Waals surface area contributed by atoms with Gasteiger partial charge in [-0.15, -0.1) is 0 Å². The molecular formula is C18H18BrNO2S. The average molecular weight is 392 g/mol. The number of fused-ring (bicyclic) bond motifs is 3. The van der Waals surface area contributed by atoms with Crippen molar-refractivity contribution in [1.82, 2.24) is 5.32 Å². The summed E-state index contributed by atoms with van der Waals surface area (Å²) in [6.07, 6.45) is 2.40. The van der Waals surface area contributed by atoms with Crippen molar-refractivity contribution in [3.8, 4) is 0 Å². The molecule has 1 aliphatic carbocycles. The number of benzene rings is 2. The largest absolute Gasteiger partial charge is 0.312 e. The van der Waals surface area contributed by atoms with Gasteiger partial charge in [-0.05, 0) is 61.2 Å². The average Bonchev–Trinajstić information content (AvgIpc) is 3.01. The van der Waals surface area contributed by atoms with E-state index in [1.165, 1.54) is 0 Å². The van der Waals surface area contributed by atoms with Gasteiger partial charge in [-0.1, -0.05) is 40.2 Å². The van der Waals surface area contributed by atoms with E-state index >= 15 is 0 Å². The lowest BCUT2D eigenvalue weighted by molar-refractivity contribution is 0.416. The monoisotopic (exact) mass is 391 g/mol. The molecule has 4 rings (SSSR count). The third kappa shape index (κ3) is 2.13. The Kier molecular flexibility index (Phi) is 3.63. The molecule has 0 radical (unpaired) electrons. The Bertz CT molecular complexity index is 851. The van der Waals surface area contributed by atoms with E-state index < -0.39 is 14.6 Å². The van der Waals surface area contributed by atoms with E-state index in [0.717, 1.165) is 35.0 Å². The van der Waals surface area contributed by atoms with Gasteiger partial charge in [-0.3, -0.25) is 0 Å². The molecule has 23 heavy (non-hydrogen) atoms. The minimum atomic E-state index is -3.46. The Morgan fingerprint density at radius 3 is 2.70 bits per heavy atom. The van der Waals surface area contributed by atoms with Gasteiger partial charge < -0.3 is 5.32 Å². The molecule has 1 saturated heterocycles. The zero-order valence-corrected chi connectivity index (χ0v) is 15.0. The summed E-state index contributed by atoms with van der Waals surface area (Å²) >= 11 is 3.51. The van der Waals surface area contributed by atoms with Crippen LogP contribution in [0.5, 0.6) is 0 Å². The van der Waals surface area contributed by atoms with Crippen LogP contribution < -0.4 is 5.32 Å². The highest BCUT2D eigenvalue weighted by atomic mass is 79.9. The van der Waals surface area contributed by atoms with Crippen molar-refractivity contribution in [2.75, 3.05) is 6.54 Å². The maximum Gasteiger partial charge on any atom is 0.189 e. The van der Waals surface area contributed by atoms with Crippen LogP contribution in [0, 0.1) is 0 Å². The van der Waals surface area contributed by atoms with Crippen molar-refractivity contribution < 1.29 is 8.42 Å². The first-order valence-electron chi connectivity index (χ1n) is 7.88. The van der Waals surface area contributed by atoms with Gasteiger partial charge in [0.1, 0.15) is 4.75 Å². The van der Waals surface area contributed by atoms with Gasteiger partial charge in [0.2, 0.25) is 0 Å². The van der Waals surface area contributed by atoms with E-state index in [0.29, 0.717) is 11.3 Å². The molecule has 1 aliphatic heterocycles. The second-order valence-electron chi connectivity index (χ2n) is 6.30. The molecule has 0 aromatic heterocycles. The molecule has 2 atom stereocenters. The lowest BCUT2D eigenvalue weighted by Crippen LogP contribution is -2.49. The molecule has 2 aromatic carbocycles. The van der Waals surface area contributed by atoms with Crippen molar-refractivity contribution >= 4 is 25.8 Å². The summed E-state index contributed by atoms with van der Waals surface area (Å²) in [5.41, 5.74) is 2.13. The summed E-state index contributed by atoms with van der Waals surface area (Å²) in [5.74, 6) is 0. The molecule has 2 aromatic rings.